The number of aliphatic carboxylic acids is 1. The van der Waals surface area contributed by atoms with Crippen molar-refractivity contribution in [2.75, 3.05) is 25.1 Å². The van der Waals surface area contributed by atoms with Gasteiger partial charge in [0.25, 0.3) is 0 Å². The van der Waals surface area contributed by atoms with Gasteiger partial charge in [-0.05, 0) is 44.4 Å². The largest absolute Gasteiger partial charge is 0.481 e. The number of nitrogens with one attached hydrogen (secondary N) is 1. The summed E-state index contributed by atoms with van der Waals surface area (Å²) in [5, 5.41) is 11.7. The van der Waals surface area contributed by atoms with Crippen molar-refractivity contribution < 1.29 is 9.90 Å². The lowest BCUT2D eigenvalue weighted by Gasteiger charge is -2.02. The van der Waals surface area contributed by atoms with Gasteiger partial charge in [-0.1, -0.05) is 0 Å². The van der Waals surface area contributed by atoms with Crippen molar-refractivity contribution in [2.45, 2.75) is 25.7 Å². The van der Waals surface area contributed by atoms with Crippen molar-refractivity contribution >= 4 is 17.7 Å². The van der Waals surface area contributed by atoms with Gasteiger partial charge in [-0.2, -0.15) is 11.8 Å². The molecule has 3 nitrogen and oxygen atoms in total. The molecule has 13 heavy (non-hydrogen) atoms. The lowest BCUT2D eigenvalue weighted by Crippen LogP contribution is -2.17. The predicted octanol–water partition coefficient (Wildman–Crippen LogP) is 1.58. The van der Waals surface area contributed by atoms with Gasteiger partial charge in [0.1, 0.15) is 0 Å². The van der Waals surface area contributed by atoms with Gasteiger partial charge < -0.3 is 10.4 Å². The summed E-state index contributed by atoms with van der Waals surface area (Å²) in [4.78, 5) is 10.2. The predicted molar refractivity (Wildman–Crippen MR) is 57.4 cm³/mol. The third-order valence-corrected chi connectivity index (χ3v) is 2.39. The highest BCUT2D eigenvalue weighted by Crippen LogP contribution is 1.95. The first-order valence-corrected chi connectivity index (χ1v) is 6.08. The summed E-state index contributed by atoms with van der Waals surface area (Å²) in [6, 6.07) is 0. The minimum Gasteiger partial charge on any atom is -0.481 e. The molecular weight excluding hydrogens is 186 g/mol. The second kappa shape index (κ2) is 9.86. The van der Waals surface area contributed by atoms with E-state index >= 15 is 0 Å². The Kier molecular flexibility index (Phi) is 9.70. The quantitative estimate of drug-likeness (QED) is 0.561. The van der Waals surface area contributed by atoms with E-state index in [4.69, 9.17) is 5.11 Å². The normalized spacial score (nSPS) is 10.2. The van der Waals surface area contributed by atoms with E-state index in [1.54, 1.807) is 0 Å². The van der Waals surface area contributed by atoms with Crippen molar-refractivity contribution in [3.63, 3.8) is 0 Å². The van der Waals surface area contributed by atoms with Crippen LogP contribution in [0.15, 0.2) is 0 Å². The van der Waals surface area contributed by atoms with Crippen molar-refractivity contribution in [2.24, 2.45) is 0 Å². The second-order valence-electron chi connectivity index (χ2n) is 2.95. The first-order chi connectivity index (χ1) is 6.27. The van der Waals surface area contributed by atoms with E-state index in [1.165, 1.54) is 12.2 Å². The fourth-order valence-electron chi connectivity index (χ4n) is 0.993. The van der Waals surface area contributed by atoms with E-state index in [9.17, 15) is 4.79 Å². The van der Waals surface area contributed by atoms with Crippen LogP contribution in [0.4, 0.5) is 0 Å². The molecule has 0 heterocycles. The number of rotatable bonds is 9. The Morgan fingerprint density at radius 1 is 1.31 bits per heavy atom. The first-order valence-electron chi connectivity index (χ1n) is 4.69. The van der Waals surface area contributed by atoms with Crippen LogP contribution in [0.25, 0.3) is 0 Å². The van der Waals surface area contributed by atoms with Crippen LogP contribution in [0.1, 0.15) is 25.7 Å². The first kappa shape index (κ1) is 12.8. The van der Waals surface area contributed by atoms with Crippen LogP contribution in [0.2, 0.25) is 0 Å². The van der Waals surface area contributed by atoms with Gasteiger partial charge in [0, 0.05) is 6.42 Å². The third kappa shape index (κ3) is 11.8. The molecule has 0 saturated heterocycles. The smallest absolute Gasteiger partial charge is 0.303 e. The molecule has 0 aromatic rings. The Bertz CT molecular complexity index is 131. The Hall–Kier alpha value is -0.220. The molecule has 0 atom stereocenters. The lowest BCUT2D eigenvalue weighted by molar-refractivity contribution is -0.137. The molecule has 0 unspecified atom stereocenters. The van der Waals surface area contributed by atoms with E-state index in [2.05, 4.69) is 11.6 Å². The van der Waals surface area contributed by atoms with Crippen LogP contribution in [-0.2, 0) is 4.79 Å². The molecule has 0 aliphatic heterocycles. The Balaban J connectivity index is 2.87. The van der Waals surface area contributed by atoms with E-state index in [-0.39, 0.29) is 0 Å². The van der Waals surface area contributed by atoms with Gasteiger partial charge in [-0.15, -0.1) is 0 Å². The lowest BCUT2D eigenvalue weighted by atomic mass is 10.2. The molecule has 2 N–H and O–H groups in total. The molecule has 0 fully saturated rings. The highest BCUT2D eigenvalue weighted by Gasteiger charge is 1.95. The molecule has 0 radical (unpaired) electrons. The average molecular weight is 205 g/mol. The van der Waals surface area contributed by atoms with Gasteiger partial charge in [-0.25, -0.2) is 0 Å². The summed E-state index contributed by atoms with van der Waals surface area (Å²) >= 11 is 1.86. The highest BCUT2D eigenvalue weighted by atomic mass is 32.2. The van der Waals surface area contributed by atoms with Crippen molar-refractivity contribution in [1.82, 2.24) is 5.32 Å². The zero-order valence-corrected chi connectivity index (χ0v) is 9.03. The molecule has 0 bridgehead atoms. The minimum atomic E-state index is -0.692. The van der Waals surface area contributed by atoms with E-state index in [0.29, 0.717) is 6.42 Å². The zero-order chi connectivity index (χ0) is 9.94. The molecule has 0 saturated carbocycles. The Morgan fingerprint density at radius 3 is 2.62 bits per heavy atom. The molecule has 0 amide bonds. The summed E-state index contributed by atoms with van der Waals surface area (Å²) < 4.78 is 0. The van der Waals surface area contributed by atoms with Crippen molar-refractivity contribution in [3.05, 3.63) is 0 Å². The van der Waals surface area contributed by atoms with Crippen LogP contribution in [0.5, 0.6) is 0 Å². The Morgan fingerprint density at radius 2 is 2.00 bits per heavy atom. The fraction of sp³-hybridized carbons (Fsp3) is 0.889. The van der Waals surface area contributed by atoms with Crippen LogP contribution in [0.3, 0.4) is 0 Å². The number of hydrogen-bond acceptors (Lipinski definition) is 3. The number of hydrogen-bond donors (Lipinski definition) is 2. The SMILES string of the molecule is CSCCCNCCCCC(=O)O. The summed E-state index contributed by atoms with van der Waals surface area (Å²) in [5.74, 6) is 0.504. The molecular formula is C9H19NO2S. The van der Waals surface area contributed by atoms with E-state index < -0.39 is 5.97 Å². The molecule has 0 aromatic carbocycles. The molecule has 0 spiro atoms. The highest BCUT2D eigenvalue weighted by molar-refractivity contribution is 7.98. The van der Waals surface area contributed by atoms with Gasteiger partial charge in [0.15, 0.2) is 0 Å². The maximum absolute atomic E-state index is 10.2. The summed E-state index contributed by atoms with van der Waals surface area (Å²) in [6.07, 6.45) is 5.34. The van der Waals surface area contributed by atoms with Gasteiger partial charge in [0.05, 0.1) is 0 Å². The second-order valence-corrected chi connectivity index (χ2v) is 3.93. The van der Waals surface area contributed by atoms with Crippen LogP contribution >= 0.6 is 11.8 Å². The summed E-state index contributed by atoms with van der Waals surface area (Å²) in [6.45, 7) is 2.00. The summed E-state index contributed by atoms with van der Waals surface area (Å²) in [5.41, 5.74) is 0. The van der Waals surface area contributed by atoms with Gasteiger partial charge in [0.2, 0.25) is 0 Å². The van der Waals surface area contributed by atoms with Crippen molar-refractivity contribution in [1.29, 1.82) is 0 Å². The molecule has 78 valence electrons. The van der Waals surface area contributed by atoms with E-state index in [1.807, 2.05) is 11.8 Å². The van der Waals surface area contributed by atoms with Crippen LogP contribution in [0, 0.1) is 0 Å². The molecule has 0 aliphatic carbocycles. The van der Waals surface area contributed by atoms with Crippen LogP contribution < -0.4 is 5.32 Å². The number of thioether (sulfide) groups is 1. The number of unbranched alkanes of at least 4 members (excludes halogenated alkanes) is 1. The van der Waals surface area contributed by atoms with Crippen LogP contribution in [-0.4, -0.2) is 36.2 Å². The Labute approximate surface area is 84.3 Å². The van der Waals surface area contributed by atoms with E-state index in [0.717, 1.165) is 25.9 Å². The zero-order valence-electron chi connectivity index (χ0n) is 8.21. The fourth-order valence-corrected chi connectivity index (χ4v) is 1.43. The minimum absolute atomic E-state index is 0.298. The summed E-state index contributed by atoms with van der Waals surface area (Å²) in [7, 11) is 0. The number of carboxylic acid groups (broad SMARTS) is 1. The van der Waals surface area contributed by atoms with Crippen molar-refractivity contribution in [3.8, 4) is 0 Å². The molecule has 0 rings (SSSR count). The molecule has 0 aromatic heterocycles. The van der Waals surface area contributed by atoms with Gasteiger partial charge >= 0.3 is 5.97 Å². The number of carboxylic acids is 1. The number of carbonyl (C=O) groups is 1. The maximum atomic E-state index is 10.2. The topological polar surface area (TPSA) is 49.3 Å². The maximum Gasteiger partial charge on any atom is 0.303 e. The molecule has 4 heteroatoms. The monoisotopic (exact) mass is 205 g/mol. The standard InChI is InChI=1S/C9H19NO2S/c1-13-8-4-7-10-6-3-2-5-9(11)12/h10H,2-8H2,1H3,(H,11,12). The average Bonchev–Trinajstić information content (AvgIpc) is 2.09. The third-order valence-electron chi connectivity index (χ3n) is 1.70. The molecule has 0 aliphatic rings. The van der Waals surface area contributed by atoms with Gasteiger partial charge in [-0.3, -0.25) is 4.79 Å².